The fourth-order valence-corrected chi connectivity index (χ4v) is 0.851. The van der Waals surface area contributed by atoms with E-state index in [0.29, 0.717) is 0 Å². The van der Waals surface area contributed by atoms with Gasteiger partial charge in [0.15, 0.2) is 17.4 Å². The Labute approximate surface area is 84.7 Å². The summed E-state index contributed by atoms with van der Waals surface area (Å²) in [5.74, 6) is -7.61. The first kappa shape index (κ1) is 11.8. The summed E-state index contributed by atoms with van der Waals surface area (Å²) in [5, 5.41) is 0. The summed E-state index contributed by atoms with van der Waals surface area (Å²) in [6, 6.07) is 1.66. The van der Waals surface area contributed by atoms with Gasteiger partial charge in [-0.1, -0.05) is 13.8 Å². The van der Waals surface area contributed by atoms with Crippen LogP contribution in [0, 0.1) is 35.3 Å². The zero-order valence-electron chi connectivity index (χ0n) is 8.20. The number of ether oxygens (including phenoxy) is 1. The van der Waals surface area contributed by atoms with Gasteiger partial charge in [0.1, 0.15) is 0 Å². The van der Waals surface area contributed by atoms with Gasteiger partial charge >= 0.3 is 0 Å². The third kappa shape index (κ3) is 2.61. The van der Waals surface area contributed by atoms with Crippen LogP contribution in [0.3, 0.4) is 0 Å². The van der Waals surface area contributed by atoms with E-state index in [2.05, 4.69) is 0 Å². The molecule has 83 valence electrons. The van der Waals surface area contributed by atoms with Crippen molar-refractivity contribution in [3.63, 3.8) is 0 Å². The SMILES string of the molecule is CC(C)COc1[c]c(F)c(F)c(F)c1F. The molecule has 0 aliphatic heterocycles. The van der Waals surface area contributed by atoms with Gasteiger partial charge in [-0.15, -0.1) is 0 Å². The summed E-state index contributed by atoms with van der Waals surface area (Å²) in [6.45, 7) is 3.61. The van der Waals surface area contributed by atoms with Crippen LogP contribution in [-0.4, -0.2) is 6.61 Å². The molecule has 1 aromatic rings. The van der Waals surface area contributed by atoms with Crippen molar-refractivity contribution in [2.45, 2.75) is 13.8 Å². The van der Waals surface area contributed by atoms with E-state index >= 15 is 0 Å². The van der Waals surface area contributed by atoms with Crippen LogP contribution in [0.5, 0.6) is 5.75 Å². The van der Waals surface area contributed by atoms with Gasteiger partial charge < -0.3 is 4.74 Å². The van der Waals surface area contributed by atoms with E-state index < -0.39 is 29.0 Å². The largest absolute Gasteiger partial charge is 0.489 e. The molecule has 0 saturated carbocycles. The second-order valence-electron chi connectivity index (χ2n) is 3.41. The Morgan fingerprint density at radius 3 is 2.20 bits per heavy atom. The molecule has 0 heterocycles. The molecule has 0 aliphatic carbocycles. The molecule has 1 radical (unpaired) electrons. The Morgan fingerprint density at radius 2 is 1.67 bits per heavy atom. The van der Waals surface area contributed by atoms with Crippen LogP contribution in [0.25, 0.3) is 0 Å². The molecule has 1 aromatic carbocycles. The smallest absolute Gasteiger partial charge is 0.204 e. The molecule has 1 nitrogen and oxygen atoms in total. The van der Waals surface area contributed by atoms with Gasteiger partial charge in [0, 0.05) is 0 Å². The van der Waals surface area contributed by atoms with Crippen molar-refractivity contribution in [1.29, 1.82) is 0 Å². The average molecular weight is 221 g/mol. The number of halogens is 4. The Kier molecular flexibility index (Phi) is 3.55. The lowest BCUT2D eigenvalue weighted by molar-refractivity contribution is 0.249. The fraction of sp³-hybridized carbons (Fsp3) is 0.400. The lowest BCUT2D eigenvalue weighted by Gasteiger charge is -2.09. The van der Waals surface area contributed by atoms with Crippen LogP contribution >= 0.6 is 0 Å². The molecule has 15 heavy (non-hydrogen) atoms. The van der Waals surface area contributed by atoms with Crippen molar-refractivity contribution in [2.75, 3.05) is 6.61 Å². The summed E-state index contributed by atoms with van der Waals surface area (Å²) in [4.78, 5) is 0. The Morgan fingerprint density at radius 1 is 1.07 bits per heavy atom. The van der Waals surface area contributed by atoms with Gasteiger partial charge in [0.05, 0.1) is 12.7 Å². The van der Waals surface area contributed by atoms with Crippen molar-refractivity contribution in [3.8, 4) is 5.75 Å². The summed E-state index contributed by atoms with van der Waals surface area (Å²) in [5.41, 5.74) is 0. The minimum absolute atomic E-state index is 0.0500. The molecular weight excluding hydrogens is 212 g/mol. The number of benzene rings is 1. The second-order valence-corrected chi connectivity index (χ2v) is 3.41. The van der Waals surface area contributed by atoms with E-state index in [-0.39, 0.29) is 12.5 Å². The topological polar surface area (TPSA) is 9.23 Å². The molecule has 0 aromatic heterocycles. The maximum atomic E-state index is 13.0. The maximum absolute atomic E-state index is 13.0. The molecule has 0 unspecified atom stereocenters. The van der Waals surface area contributed by atoms with Crippen LogP contribution in [0.1, 0.15) is 13.8 Å². The quantitative estimate of drug-likeness (QED) is 0.433. The van der Waals surface area contributed by atoms with Gasteiger partial charge in [0.2, 0.25) is 11.6 Å². The third-order valence-corrected chi connectivity index (χ3v) is 1.56. The second kappa shape index (κ2) is 4.51. The van der Waals surface area contributed by atoms with Gasteiger partial charge in [-0.25, -0.2) is 13.2 Å². The molecule has 0 spiro atoms. The third-order valence-electron chi connectivity index (χ3n) is 1.56. The predicted octanol–water partition coefficient (Wildman–Crippen LogP) is 3.08. The lowest BCUT2D eigenvalue weighted by atomic mass is 10.2. The molecule has 1 rings (SSSR count). The minimum atomic E-state index is -1.88. The van der Waals surface area contributed by atoms with Crippen molar-refractivity contribution in [3.05, 3.63) is 29.3 Å². The monoisotopic (exact) mass is 221 g/mol. The first-order valence-electron chi connectivity index (χ1n) is 4.31. The van der Waals surface area contributed by atoms with Crippen LogP contribution in [0.2, 0.25) is 0 Å². The van der Waals surface area contributed by atoms with E-state index in [1.54, 1.807) is 19.9 Å². The van der Waals surface area contributed by atoms with Crippen molar-refractivity contribution >= 4 is 0 Å². The van der Waals surface area contributed by atoms with Crippen LogP contribution in [0.4, 0.5) is 17.6 Å². The van der Waals surface area contributed by atoms with Crippen molar-refractivity contribution in [1.82, 2.24) is 0 Å². The fourth-order valence-electron chi connectivity index (χ4n) is 0.851. The normalized spacial score (nSPS) is 10.9. The molecule has 0 amide bonds. The Hall–Kier alpha value is -1.26. The van der Waals surface area contributed by atoms with E-state index in [1.807, 2.05) is 0 Å². The van der Waals surface area contributed by atoms with E-state index in [1.165, 1.54) is 0 Å². The van der Waals surface area contributed by atoms with E-state index in [4.69, 9.17) is 4.74 Å². The van der Waals surface area contributed by atoms with Crippen LogP contribution in [0.15, 0.2) is 0 Å². The highest BCUT2D eigenvalue weighted by Crippen LogP contribution is 2.24. The number of hydrogen-bond acceptors (Lipinski definition) is 1. The van der Waals surface area contributed by atoms with Crippen molar-refractivity contribution < 1.29 is 22.3 Å². The average Bonchev–Trinajstić information content (AvgIpc) is 2.18. The highest BCUT2D eigenvalue weighted by molar-refractivity contribution is 5.25. The van der Waals surface area contributed by atoms with Crippen LogP contribution < -0.4 is 4.74 Å². The Bertz CT molecular complexity index is 363. The first-order valence-corrected chi connectivity index (χ1v) is 4.31. The molecule has 0 bridgehead atoms. The predicted molar refractivity (Wildman–Crippen MR) is 45.4 cm³/mol. The molecule has 0 atom stereocenters. The Balaban J connectivity index is 2.99. The van der Waals surface area contributed by atoms with Crippen LogP contribution in [-0.2, 0) is 0 Å². The first-order chi connectivity index (χ1) is 6.93. The zero-order valence-corrected chi connectivity index (χ0v) is 8.20. The van der Waals surface area contributed by atoms with E-state index in [9.17, 15) is 17.6 Å². The molecule has 0 aliphatic rings. The van der Waals surface area contributed by atoms with E-state index in [0.717, 1.165) is 0 Å². The highest BCUT2D eigenvalue weighted by atomic mass is 19.2. The summed E-state index contributed by atoms with van der Waals surface area (Å²) < 4.78 is 55.5. The highest BCUT2D eigenvalue weighted by Gasteiger charge is 2.20. The summed E-state index contributed by atoms with van der Waals surface area (Å²) >= 11 is 0. The molecular formula is C10H9F4O. The summed E-state index contributed by atoms with van der Waals surface area (Å²) in [6.07, 6.45) is 0. The zero-order chi connectivity index (χ0) is 11.6. The molecule has 0 saturated heterocycles. The van der Waals surface area contributed by atoms with Gasteiger partial charge in [-0.05, 0) is 5.92 Å². The lowest BCUT2D eigenvalue weighted by Crippen LogP contribution is -2.08. The van der Waals surface area contributed by atoms with Crippen molar-refractivity contribution in [2.24, 2.45) is 5.92 Å². The number of hydrogen-bond donors (Lipinski definition) is 0. The van der Waals surface area contributed by atoms with Gasteiger partial charge in [0.25, 0.3) is 0 Å². The molecule has 0 N–H and O–H groups in total. The number of rotatable bonds is 3. The molecule has 5 heteroatoms. The molecule has 0 fully saturated rings. The van der Waals surface area contributed by atoms with Gasteiger partial charge in [-0.2, -0.15) is 4.39 Å². The standard InChI is InChI=1S/C10H9F4O/c1-5(2)4-15-7-3-6(11)8(12)10(14)9(7)13/h5H,4H2,1-2H3. The van der Waals surface area contributed by atoms with Gasteiger partial charge in [-0.3, -0.25) is 0 Å². The minimum Gasteiger partial charge on any atom is -0.489 e. The summed E-state index contributed by atoms with van der Waals surface area (Å²) in [7, 11) is 0. The maximum Gasteiger partial charge on any atom is 0.204 e.